The molecule has 0 spiro atoms. The Balaban J connectivity index is -0.000000372. The van der Waals surface area contributed by atoms with Crippen LogP contribution in [0.25, 0.3) is 0 Å². The minimum atomic E-state index is -1.50. The second-order valence-corrected chi connectivity index (χ2v) is 2.71. The molecule has 0 bridgehead atoms. The van der Waals surface area contributed by atoms with Crippen molar-refractivity contribution in [2.24, 2.45) is 43.3 Å². The fourth-order valence-corrected chi connectivity index (χ4v) is 0.472. The molecule has 0 rings (SSSR count). The number of guanidine groups is 2. The van der Waals surface area contributed by atoms with E-state index >= 15 is 0 Å². The van der Waals surface area contributed by atoms with Gasteiger partial charge in [0.2, 0.25) is 11.9 Å². The molecule has 0 unspecified atom stereocenters. The van der Waals surface area contributed by atoms with E-state index in [2.05, 4.69) is 20.4 Å². The first-order valence-corrected chi connectivity index (χ1v) is 4.96. The third-order valence-electron chi connectivity index (χ3n) is 1.04. The molecule has 0 aliphatic heterocycles. The minimum absolute atomic E-state index is 0.119. The predicted octanol–water partition coefficient (Wildman–Crippen LogP) is -2.41. The highest BCUT2D eigenvalue weighted by Crippen LogP contribution is 1.84. The van der Waals surface area contributed by atoms with Gasteiger partial charge in [0.1, 0.15) is 0 Å². The van der Waals surface area contributed by atoms with E-state index in [1.807, 2.05) is 6.92 Å². The summed E-state index contributed by atoms with van der Waals surface area (Å²) in [6.45, 7) is 1.86. The smallest absolute Gasteiger partial charge is 0.291 e. The van der Waals surface area contributed by atoms with Crippen molar-refractivity contribution < 1.29 is 20.6 Å². The molecule has 0 aliphatic carbocycles. The molecule has 22 heavy (non-hydrogen) atoms. The Bertz CT molecular complexity index is 429. The Morgan fingerprint density at radius 1 is 1.00 bits per heavy atom. The topological polar surface area (TPSA) is 280 Å². The molecule has 16 nitrogen and oxygen atoms in total. The lowest BCUT2D eigenvalue weighted by Gasteiger charge is -1.91. The zero-order valence-electron chi connectivity index (χ0n) is 11.3. The SMILES string of the molecule is CCC(/C=N/N=C(N)N)=N\N=C(N)N.O=[N+]([O-])O.O=[N+]([O-])O. The first kappa shape index (κ1) is 23.4. The second kappa shape index (κ2) is 15.3. The number of hydrogen-bond acceptors (Lipinski definition) is 8. The normalized spacial score (nSPS) is 9.41. The summed E-state index contributed by atoms with van der Waals surface area (Å²) in [7, 11) is 0. The second-order valence-electron chi connectivity index (χ2n) is 2.71. The molecule has 0 atom stereocenters. The van der Waals surface area contributed by atoms with Gasteiger partial charge in [-0.1, -0.05) is 6.92 Å². The van der Waals surface area contributed by atoms with Crippen LogP contribution in [0.5, 0.6) is 0 Å². The molecule has 0 aliphatic rings. The van der Waals surface area contributed by atoms with Crippen LogP contribution in [0.1, 0.15) is 13.3 Å². The molecule has 0 aromatic rings. The van der Waals surface area contributed by atoms with E-state index in [0.29, 0.717) is 12.1 Å². The van der Waals surface area contributed by atoms with Crippen LogP contribution in [0.4, 0.5) is 0 Å². The first-order valence-electron chi connectivity index (χ1n) is 4.96. The summed E-state index contributed by atoms with van der Waals surface area (Å²) in [5.41, 5.74) is 20.8. The Morgan fingerprint density at radius 3 is 1.64 bits per heavy atom. The fourth-order valence-electron chi connectivity index (χ4n) is 0.472. The van der Waals surface area contributed by atoms with E-state index in [1.165, 1.54) is 6.21 Å². The average molecular weight is 324 g/mol. The summed E-state index contributed by atoms with van der Waals surface area (Å²) >= 11 is 0. The summed E-state index contributed by atoms with van der Waals surface area (Å²) in [5, 5.41) is 41.4. The highest BCUT2D eigenvalue weighted by atomic mass is 16.9. The number of hydrogen-bond donors (Lipinski definition) is 6. The van der Waals surface area contributed by atoms with Crippen LogP contribution in [0.2, 0.25) is 0 Å². The number of nitrogens with zero attached hydrogens (tertiary/aromatic N) is 6. The summed E-state index contributed by atoms with van der Waals surface area (Å²) < 4.78 is 0. The zero-order valence-corrected chi connectivity index (χ0v) is 11.3. The first-order chi connectivity index (χ1) is 10.0. The van der Waals surface area contributed by atoms with Gasteiger partial charge in [-0.15, -0.1) is 30.4 Å². The number of nitrogens with two attached hydrogens (primary N) is 4. The Hall–Kier alpha value is -3.72. The van der Waals surface area contributed by atoms with Crippen molar-refractivity contribution in [3.63, 3.8) is 0 Å². The molecule has 0 fully saturated rings. The molecule has 10 N–H and O–H groups in total. The van der Waals surface area contributed by atoms with Crippen molar-refractivity contribution in [2.75, 3.05) is 0 Å². The van der Waals surface area contributed by atoms with Crippen molar-refractivity contribution >= 4 is 23.8 Å². The zero-order chi connectivity index (χ0) is 18.1. The van der Waals surface area contributed by atoms with Gasteiger partial charge in [0.05, 0.1) is 11.9 Å². The molecule has 0 amide bonds. The summed E-state index contributed by atoms with van der Waals surface area (Å²) in [6, 6.07) is 0. The maximum Gasteiger partial charge on any atom is 0.291 e. The van der Waals surface area contributed by atoms with Gasteiger partial charge in [-0.2, -0.15) is 10.2 Å². The summed E-state index contributed by atoms with van der Waals surface area (Å²) in [6.07, 6.45) is 1.98. The highest BCUT2D eigenvalue weighted by molar-refractivity contribution is 6.30. The number of rotatable bonds is 4. The molecule has 16 heteroatoms. The van der Waals surface area contributed by atoms with Crippen LogP contribution in [0.15, 0.2) is 20.4 Å². The van der Waals surface area contributed by atoms with Crippen LogP contribution >= 0.6 is 0 Å². The molecule has 0 heterocycles. The van der Waals surface area contributed by atoms with Gasteiger partial charge >= 0.3 is 0 Å². The highest BCUT2D eigenvalue weighted by Gasteiger charge is 1.89. The van der Waals surface area contributed by atoms with Crippen molar-refractivity contribution in [2.45, 2.75) is 13.3 Å². The van der Waals surface area contributed by atoms with Crippen molar-refractivity contribution in [3.05, 3.63) is 20.2 Å². The monoisotopic (exact) mass is 324 g/mol. The van der Waals surface area contributed by atoms with Gasteiger partial charge in [0, 0.05) is 0 Å². The van der Waals surface area contributed by atoms with E-state index in [-0.39, 0.29) is 11.9 Å². The Morgan fingerprint density at radius 2 is 1.36 bits per heavy atom. The lowest BCUT2D eigenvalue weighted by molar-refractivity contribution is -0.742. The van der Waals surface area contributed by atoms with E-state index < -0.39 is 10.2 Å². The third kappa shape index (κ3) is 44.1. The fraction of sp³-hybridized carbons (Fsp3) is 0.333. The average Bonchev–Trinajstić information content (AvgIpc) is 2.31. The molecule has 0 aromatic carbocycles. The summed E-state index contributed by atoms with van der Waals surface area (Å²) in [5.74, 6) is -0.246. The van der Waals surface area contributed by atoms with Crippen LogP contribution in [0, 0.1) is 20.2 Å². The standard InChI is InChI=1S/C6H14N8.2HNO3/c1-2-4(12-14-6(9)10)3-11-13-5(7)8;2*2-1(3)4/h3H,2H2,1H3,(H4,7,8,13)(H4,9,10,14);2*(H,2,3,4)/b11-3+,12-4+;;. The maximum absolute atomic E-state index is 8.36. The van der Waals surface area contributed by atoms with Gasteiger partial charge in [-0.25, -0.2) is 0 Å². The predicted molar refractivity (Wildman–Crippen MR) is 75.4 cm³/mol. The Labute approximate surface area is 122 Å². The molecule has 0 aromatic heterocycles. The van der Waals surface area contributed by atoms with Crippen molar-refractivity contribution in [1.29, 1.82) is 0 Å². The molecule has 126 valence electrons. The van der Waals surface area contributed by atoms with Crippen LogP contribution in [-0.2, 0) is 0 Å². The molecular weight excluding hydrogens is 308 g/mol. The minimum Gasteiger partial charge on any atom is -0.369 e. The van der Waals surface area contributed by atoms with E-state index in [9.17, 15) is 0 Å². The van der Waals surface area contributed by atoms with E-state index in [0.717, 1.165) is 0 Å². The molecule has 0 radical (unpaired) electrons. The van der Waals surface area contributed by atoms with Crippen LogP contribution in [0.3, 0.4) is 0 Å². The van der Waals surface area contributed by atoms with Crippen LogP contribution in [-0.4, -0.2) is 44.4 Å². The lowest BCUT2D eigenvalue weighted by Crippen LogP contribution is -2.22. The van der Waals surface area contributed by atoms with Gasteiger partial charge in [0.25, 0.3) is 10.2 Å². The maximum atomic E-state index is 8.36. The summed E-state index contributed by atoms with van der Waals surface area (Å²) in [4.78, 5) is 16.7. The molecular formula is C6H16N10O6. The lowest BCUT2D eigenvalue weighted by atomic mass is 10.3. The van der Waals surface area contributed by atoms with Crippen LogP contribution < -0.4 is 22.9 Å². The quantitative estimate of drug-likeness (QED) is 0.138. The van der Waals surface area contributed by atoms with E-state index in [1.54, 1.807) is 0 Å². The van der Waals surface area contributed by atoms with Gasteiger partial charge in [-0.3, -0.25) is 0 Å². The third-order valence-corrected chi connectivity index (χ3v) is 1.04. The van der Waals surface area contributed by atoms with Crippen molar-refractivity contribution in [1.82, 2.24) is 0 Å². The van der Waals surface area contributed by atoms with Gasteiger partial charge < -0.3 is 33.3 Å². The largest absolute Gasteiger partial charge is 0.369 e. The van der Waals surface area contributed by atoms with E-state index in [4.69, 9.17) is 53.6 Å². The molecule has 0 saturated heterocycles. The molecule has 0 saturated carbocycles. The van der Waals surface area contributed by atoms with Gasteiger partial charge in [-0.05, 0) is 6.42 Å². The van der Waals surface area contributed by atoms with Gasteiger partial charge in [0.15, 0.2) is 0 Å². The Kier molecular flexibility index (Phi) is 16.3. The van der Waals surface area contributed by atoms with Crippen molar-refractivity contribution in [3.8, 4) is 0 Å².